The van der Waals surface area contributed by atoms with Crippen LogP contribution in [0.2, 0.25) is 0 Å². The Morgan fingerprint density at radius 3 is 2.69 bits per heavy atom. The molecule has 1 fully saturated rings. The normalized spacial score (nSPS) is 20.8. The highest BCUT2D eigenvalue weighted by atomic mass is 32.2. The minimum absolute atomic E-state index is 0.281. The van der Waals surface area contributed by atoms with E-state index < -0.39 is 0 Å². The molecule has 13 heavy (non-hydrogen) atoms. The van der Waals surface area contributed by atoms with Crippen LogP contribution in [-0.2, 0) is 0 Å². The summed E-state index contributed by atoms with van der Waals surface area (Å²) in [6, 6.07) is 0. The summed E-state index contributed by atoms with van der Waals surface area (Å²) in [7, 11) is 0. The summed E-state index contributed by atoms with van der Waals surface area (Å²) >= 11 is 1.83. The van der Waals surface area contributed by atoms with E-state index in [1.54, 1.807) is 0 Å². The summed E-state index contributed by atoms with van der Waals surface area (Å²) in [5.74, 6) is 3.03. The second-order valence-corrected chi connectivity index (χ2v) is 4.31. The fourth-order valence-corrected chi connectivity index (χ4v) is 2.22. The summed E-state index contributed by atoms with van der Waals surface area (Å²) in [5, 5.41) is 9.69. The molecule has 73 valence electrons. The van der Waals surface area contributed by atoms with Crippen LogP contribution in [0.5, 0.6) is 0 Å². The van der Waals surface area contributed by atoms with Crippen LogP contribution in [0.15, 0.2) is 0 Å². The molecule has 0 aromatic carbocycles. The highest BCUT2D eigenvalue weighted by molar-refractivity contribution is 7.99. The van der Waals surface area contributed by atoms with Crippen molar-refractivity contribution < 1.29 is 5.11 Å². The molecular formula is C11H17OS. The Labute approximate surface area is 86.3 Å². The van der Waals surface area contributed by atoms with Crippen LogP contribution in [0.3, 0.4) is 0 Å². The maximum absolute atomic E-state index is 9.69. The van der Waals surface area contributed by atoms with Crippen molar-refractivity contribution in [2.45, 2.75) is 25.9 Å². The second-order valence-electron chi connectivity index (χ2n) is 3.16. The number of hydrogen-bond donors (Lipinski definition) is 1. The van der Waals surface area contributed by atoms with Crippen molar-refractivity contribution in [1.29, 1.82) is 0 Å². The molecule has 1 saturated carbocycles. The van der Waals surface area contributed by atoms with Crippen molar-refractivity contribution in [1.82, 2.24) is 0 Å². The zero-order chi connectivity index (χ0) is 9.52. The molecule has 5 radical (unpaired) electrons. The minimum Gasteiger partial charge on any atom is -0.392 e. The summed E-state index contributed by atoms with van der Waals surface area (Å²) in [5.41, 5.74) is 0. The number of aliphatic hydroxyl groups excluding tert-OH is 1. The third-order valence-corrected chi connectivity index (χ3v) is 3.12. The lowest BCUT2D eigenvalue weighted by Crippen LogP contribution is -2.19. The van der Waals surface area contributed by atoms with Crippen molar-refractivity contribution in [2.75, 3.05) is 11.5 Å². The van der Waals surface area contributed by atoms with E-state index in [0.29, 0.717) is 0 Å². The summed E-state index contributed by atoms with van der Waals surface area (Å²) in [6.45, 7) is 2.19. The van der Waals surface area contributed by atoms with Gasteiger partial charge in [0.2, 0.25) is 0 Å². The van der Waals surface area contributed by atoms with E-state index in [0.717, 1.165) is 17.4 Å². The molecule has 0 saturated heterocycles. The number of rotatable bonds is 6. The van der Waals surface area contributed by atoms with Crippen LogP contribution < -0.4 is 0 Å². The monoisotopic (exact) mass is 197 g/mol. The van der Waals surface area contributed by atoms with E-state index in [1.165, 1.54) is 12.8 Å². The predicted octanol–water partition coefficient (Wildman–Crippen LogP) is 2.29. The molecular weight excluding hydrogens is 180 g/mol. The maximum Gasteiger partial charge on any atom is 0.0698 e. The molecule has 1 atom stereocenters. The molecule has 0 amide bonds. The maximum atomic E-state index is 9.69. The Morgan fingerprint density at radius 1 is 1.38 bits per heavy atom. The van der Waals surface area contributed by atoms with Gasteiger partial charge >= 0.3 is 0 Å². The highest BCUT2D eigenvalue weighted by Crippen LogP contribution is 2.27. The second kappa shape index (κ2) is 6.72. The largest absolute Gasteiger partial charge is 0.392 e. The van der Waals surface area contributed by atoms with Gasteiger partial charge in [-0.15, -0.1) is 0 Å². The first-order chi connectivity index (χ1) is 6.34. The van der Waals surface area contributed by atoms with E-state index in [9.17, 15) is 5.11 Å². The number of aliphatic hydroxyl groups is 1. The van der Waals surface area contributed by atoms with Crippen LogP contribution in [0.4, 0.5) is 0 Å². The quantitative estimate of drug-likeness (QED) is 0.659. The van der Waals surface area contributed by atoms with Crippen LogP contribution in [0, 0.1) is 31.6 Å². The van der Waals surface area contributed by atoms with Gasteiger partial charge in [0, 0.05) is 11.7 Å². The highest BCUT2D eigenvalue weighted by Gasteiger charge is 2.24. The topological polar surface area (TPSA) is 20.2 Å². The van der Waals surface area contributed by atoms with E-state index in [4.69, 9.17) is 0 Å². The van der Waals surface area contributed by atoms with Crippen molar-refractivity contribution in [2.24, 2.45) is 0 Å². The third-order valence-electron chi connectivity index (χ3n) is 1.99. The van der Waals surface area contributed by atoms with Gasteiger partial charge in [-0.2, -0.15) is 11.8 Å². The average Bonchev–Trinajstić information content (AvgIpc) is 2.65. The van der Waals surface area contributed by atoms with E-state index in [1.807, 2.05) is 37.4 Å². The van der Waals surface area contributed by atoms with Crippen molar-refractivity contribution in [3.8, 4) is 0 Å². The molecule has 1 nitrogen and oxygen atoms in total. The molecule has 0 aromatic rings. The molecule has 1 aliphatic rings. The fraction of sp³-hybridized carbons (Fsp3) is 0.545. The average molecular weight is 197 g/mol. The first-order valence-electron chi connectivity index (χ1n) is 4.82. The summed E-state index contributed by atoms with van der Waals surface area (Å²) in [4.78, 5) is 0. The van der Waals surface area contributed by atoms with Gasteiger partial charge in [0.25, 0.3) is 0 Å². The summed E-state index contributed by atoms with van der Waals surface area (Å²) < 4.78 is 0. The Bertz CT molecular complexity index is 121. The molecule has 2 heteroatoms. The predicted molar refractivity (Wildman–Crippen MR) is 58.7 cm³/mol. The first-order valence-corrected chi connectivity index (χ1v) is 5.97. The minimum atomic E-state index is -0.281. The Balaban J connectivity index is 1.99. The van der Waals surface area contributed by atoms with E-state index in [-0.39, 0.29) is 6.10 Å². The first kappa shape index (κ1) is 11.4. The Hall–Kier alpha value is 0.310. The fourth-order valence-electron chi connectivity index (χ4n) is 1.15. The van der Waals surface area contributed by atoms with Crippen molar-refractivity contribution in [3.63, 3.8) is 0 Å². The smallest absolute Gasteiger partial charge is 0.0698 e. The lowest BCUT2D eigenvalue weighted by Gasteiger charge is -2.15. The zero-order valence-electron chi connectivity index (χ0n) is 8.07. The molecule has 1 rings (SSSR count). The van der Waals surface area contributed by atoms with Crippen molar-refractivity contribution in [3.05, 3.63) is 31.6 Å². The van der Waals surface area contributed by atoms with Crippen LogP contribution in [0.1, 0.15) is 19.8 Å². The molecule has 0 heterocycles. The molecule has 1 unspecified atom stereocenters. The van der Waals surface area contributed by atoms with Gasteiger partial charge in [-0.25, -0.2) is 0 Å². The number of thioether (sulfide) groups is 1. The standard InChI is InChI=1S/C11H17OS/c1-2-3-8-13-9-11(12)10-6-4-5-7-10/h4-7,11-12H,2-3,8-9H2,1H3. The number of hydrogen-bond acceptors (Lipinski definition) is 2. The zero-order valence-corrected chi connectivity index (χ0v) is 8.89. The Morgan fingerprint density at radius 2 is 2.08 bits per heavy atom. The van der Waals surface area contributed by atoms with Crippen molar-refractivity contribution >= 4 is 11.8 Å². The molecule has 0 aromatic heterocycles. The Kier molecular flexibility index (Phi) is 5.88. The lowest BCUT2D eigenvalue weighted by atomic mass is 10.0. The number of unbranched alkanes of at least 4 members (excludes halogenated alkanes) is 1. The molecule has 0 bridgehead atoms. The van der Waals surface area contributed by atoms with Gasteiger partial charge in [-0.3, -0.25) is 0 Å². The molecule has 0 spiro atoms. The van der Waals surface area contributed by atoms with Gasteiger partial charge < -0.3 is 5.11 Å². The van der Waals surface area contributed by atoms with Gasteiger partial charge in [-0.1, -0.05) is 13.3 Å². The molecule has 0 aliphatic heterocycles. The molecule has 1 N–H and O–H groups in total. The van der Waals surface area contributed by atoms with Gasteiger partial charge in [0.05, 0.1) is 6.10 Å². The SMILES string of the molecule is CCCCSCC(O)[C]1[CH][CH][CH][CH]1. The third kappa shape index (κ3) is 4.37. The van der Waals surface area contributed by atoms with Gasteiger partial charge in [-0.05, 0) is 37.9 Å². The molecule has 1 aliphatic carbocycles. The van der Waals surface area contributed by atoms with Gasteiger partial charge in [0.1, 0.15) is 0 Å². The van der Waals surface area contributed by atoms with E-state index >= 15 is 0 Å². The van der Waals surface area contributed by atoms with Crippen LogP contribution in [-0.4, -0.2) is 22.7 Å². The van der Waals surface area contributed by atoms with E-state index in [2.05, 4.69) is 6.92 Å². The van der Waals surface area contributed by atoms with Crippen LogP contribution >= 0.6 is 11.8 Å². The van der Waals surface area contributed by atoms with Gasteiger partial charge in [0.15, 0.2) is 0 Å². The lowest BCUT2D eigenvalue weighted by molar-refractivity contribution is 0.221. The summed E-state index contributed by atoms with van der Waals surface area (Å²) in [6.07, 6.45) is 10.1. The van der Waals surface area contributed by atoms with Crippen LogP contribution in [0.25, 0.3) is 0 Å².